The van der Waals surface area contributed by atoms with Crippen molar-refractivity contribution >= 4 is 29.3 Å². The fourth-order valence-corrected chi connectivity index (χ4v) is 4.85. The van der Waals surface area contributed by atoms with E-state index < -0.39 is 5.97 Å². The van der Waals surface area contributed by atoms with E-state index in [1.807, 2.05) is 25.4 Å². The zero-order valence-electron chi connectivity index (χ0n) is 18.0. The van der Waals surface area contributed by atoms with E-state index in [0.29, 0.717) is 5.56 Å². The molecule has 0 atom stereocenters. The summed E-state index contributed by atoms with van der Waals surface area (Å²) in [5.74, 6) is -0.907. The van der Waals surface area contributed by atoms with Crippen molar-refractivity contribution in [1.29, 1.82) is 0 Å². The molecule has 2 aromatic carbocycles. The van der Waals surface area contributed by atoms with Crippen molar-refractivity contribution in [1.82, 2.24) is 9.78 Å². The van der Waals surface area contributed by atoms with E-state index in [1.54, 1.807) is 16.8 Å². The number of aromatic carboxylic acids is 1. The van der Waals surface area contributed by atoms with Gasteiger partial charge in [0.15, 0.2) is 0 Å². The van der Waals surface area contributed by atoms with Crippen LogP contribution >= 0.6 is 11.9 Å². The number of nitrogens with zero attached hydrogens (tertiary/aromatic N) is 3. The molecule has 6 nitrogen and oxygen atoms in total. The van der Waals surface area contributed by atoms with E-state index in [0.717, 1.165) is 46.9 Å². The van der Waals surface area contributed by atoms with Crippen LogP contribution in [0, 0.1) is 0 Å². The van der Waals surface area contributed by atoms with Crippen LogP contribution in [0.3, 0.4) is 0 Å². The van der Waals surface area contributed by atoms with Gasteiger partial charge in [-0.2, -0.15) is 5.10 Å². The normalized spacial score (nSPS) is 13.9. The lowest BCUT2D eigenvalue weighted by Crippen LogP contribution is -2.29. The molecule has 0 radical (unpaired) electrons. The Balaban J connectivity index is 1.66. The summed E-state index contributed by atoms with van der Waals surface area (Å²) in [6, 6.07) is 13.8. The molecule has 0 bridgehead atoms. The van der Waals surface area contributed by atoms with Gasteiger partial charge >= 0.3 is 5.97 Å². The standard InChI is InChI=1S/C24H28N4O2S/c1-3-17-7-8-19(24(29)30)16-23(17)31-26-21-15-18(20-11-14-27(2)25-20)9-10-22(21)28-12-5-4-6-13-28/h7-11,14-16,26H,3-6,12-13H2,1-2H3,(H,29,30). The second-order valence-corrected chi connectivity index (χ2v) is 8.69. The van der Waals surface area contributed by atoms with Crippen LogP contribution in [-0.4, -0.2) is 33.9 Å². The van der Waals surface area contributed by atoms with Crippen molar-refractivity contribution in [2.24, 2.45) is 7.05 Å². The predicted octanol–water partition coefficient (Wildman–Crippen LogP) is 5.46. The van der Waals surface area contributed by atoms with Crippen LogP contribution in [0.15, 0.2) is 53.6 Å². The highest BCUT2D eigenvalue weighted by Gasteiger charge is 2.17. The highest BCUT2D eigenvalue weighted by Crippen LogP contribution is 2.36. The smallest absolute Gasteiger partial charge is 0.335 e. The lowest BCUT2D eigenvalue weighted by molar-refractivity contribution is 0.0696. The van der Waals surface area contributed by atoms with Crippen molar-refractivity contribution in [3.8, 4) is 11.3 Å². The molecule has 1 fully saturated rings. The number of carboxylic acids is 1. The average molecular weight is 437 g/mol. The molecule has 0 spiro atoms. The molecule has 3 aromatic rings. The Kier molecular flexibility index (Phi) is 6.51. The van der Waals surface area contributed by atoms with E-state index in [4.69, 9.17) is 0 Å². The van der Waals surface area contributed by atoms with E-state index in [9.17, 15) is 9.90 Å². The summed E-state index contributed by atoms with van der Waals surface area (Å²) in [6.07, 6.45) is 6.48. The van der Waals surface area contributed by atoms with Gasteiger partial charge in [0.1, 0.15) is 0 Å². The first kappa shape index (κ1) is 21.3. The van der Waals surface area contributed by atoms with Gasteiger partial charge in [-0.15, -0.1) is 0 Å². The molecule has 1 saturated heterocycles. The molecule has 2 heterocycles. The third-order valence-electron chi connectivity index (χ3n) is 5.67. The van der Waals surface area contributed by atoms with Crippen LogP contribution in [-0.2, 0) is 13.5 Å². The number of nitrogens with one attached hydrogen (secondary N) is 1. The first-order valence-corrected chi connectivity index (χ1v) is 11.5. The Bertz CT molecular complexity index is 1070. The van der Waals surface area contributed by atoms with Crippen molar-refractivity contribution < 1.29 is 9.90 Å². The summed E-state index contributed by atoms with van der Waals surface area (Å²) < 4.78 is 5.34. The SMILES string of the molecule is CCc1ccc(C(=O)O)cc1SNc1cc(-c2ccn(C)n2)ccc1N1CCCCC1. The minimum atomic E-state index is -0.907. The molecule has 1 aliphatic heterocycles. The average Bonchev–Trinajstić information content (AvgIpc) is 3.24. The van der Waals surface area contributed by atoms with Gasteiger partial charge in [0.2, 0.25) is 0 Å². The Morgan fingerprint density at radius 1 is 1.13 bits per heavy atom. The monoisotopic (exact) mass is 436 g/mol. The number of carboxylic acid groups (broad SMARTS) is 1. The van der Waals surface area contributed by atoms with Crippen molar-refractivity contribution in [3.05, 3.63) is 59.8 Å². The molecule has 2 N–H and O–H groups in total. The van der Waals surface area contributed by atoms with Gasteiger partial charge < -0.3 is 14.7 Å². The molecule has 0 amide bonds. The Morgan fingerprint density at radius 3 is 2.61 bits per heavy atom. The number of hydrogen-bond donors (Lipinski definition) is 2. The zero-order valence-corrected chi connectivity index (χ0v) is 18.8. The Hall–Kier alpha value is -2.93. The maximum atomic E-state index is 11.4. The largest absolute Gasteiger partial charge is 0.478 e. The molecule has 31 heavy (non-hydrogen) atoms. The zero-order chi connectivity index (χ0) is 21.8. The minimum Gasteiger partial charge on any atom is -0.478 e. The molecular weight excluding hydrogens is 408 g/mol. The highest BCUT2D eigenvalue weighted by atomic mass is 32.2. The molecule has 1 aromatic heterocycles. The summed E-state index contributed by atoms with van der Waals surface area (Å²) in [7, 11) is 1.92. The van der Waals surface area contributed by atoms with Gasteiger partial charge in [-0.3, -0.25) is 4.68 Å². The fraction of sp³-hybridized carbons (Fsp3) is 0.333. The summed E-state index contributed by atoms with van der Waals surface area (Å²) in [4.78, 5) is 14.8. The van der Waals surface area contributed by atoms with E-state index >= 15 is 0 Å². The van der Waals surface area contributed by atoms with Gasteiger partial charge in [-0.05, 0) is 73.5 Å². The first-order chi connectivity index (χ1) is 15.0. The summed E-state index contributed by atoms with van der Waals surface area (Å²) in [6.45, 7) is 4.19. The molecule has 1 aliphatic rings. The number of hydrogen-bond acceptors (Lipinski definition) is 5. The maximum absolute atomic E-state index is 11.4. The van der Waals surface area contributed by atoms with Crippen molar-refractivity contribution in [2.45, 2.75) is 37.5 Å². The number of aromatic nitrogens is 2. The number of aryl methyl sites for hydroxylation is 2. The van der Waals surface area contributed by atoms with E-state index in [1.165, 1.54) is 36.9 Å². The molecule has 4 rings (SSSR count). The second-order valence-electron chi connectivity index (χ2n) is 7.84. The third-order valence-corrected chi connectivity index (χ3v) is 6.59. The molecule has 0 unspecified atom stereocenters. The molecular formula is C24H28N4O2S. The first-order valence-electron chi connectivity index (χ1n) is 10.7. The molecule has 7 heteroatoms. The molecule has 0 saturated carbocycles. The predicted molar refractivity (Wildman–Crippen MR) is 127 cm³/mol. The van der Waals surface area contributed by atoms with Gasteiger partial charge in [-0.25, -0.2) is 4.79 Å². The quantitative estimate of drug-likeness (QED) is 0.480. The molecule has 0 aliphatic carbocycles. The maximum Gasteiger partial charge on any atom is 0.335 e. The number of piperidine rings is 1. The number of benzene rings is 2. The topological polar surface area (TPSA) is 70.4 Å². The van der Waals surface area contributed by atoms with Crippen molar-refractivity contribution in [3.63, 3.8) is 0 Å². The summed E-state index contributed by atoms with van der Waals surface area (Å²) in [5.41, 5.74) is 5.63. The van der Waals surface area contributed by atoms with Gasteiger partial charge in [0, 0.05) is 36.8 Å². The van der Waals surface area contributed by atoms with Crippen molar-refractivity contribution in [2.75, 3.05) is 22.7 Å². The lowest BCUT2D eigenvalue weighted by atomic mass is 10.1. The Morgan fingerprint density at radius 2 is 1.94 bits per heavy atom. The van der Waals surface area contributed by atoms with Crippen LogP contribution in [0.25, 0.3) is 11.3 Å². The number of rotatable bonds is 7. The molecule has 162 valence electrons. The summed E-state index contributed by atoms with van der Waals surface area (Å²) in [5, 5.41) is 13.9. The summed E-state index contributed by atoms with van der Waals surface area (Å²) >= 11 is 1.48. The second kappa shape index (κ2) is 9.47. The van der Waals surface area contributed by atoms with Crippen LogP contribution < -0.4 is 9.62 Å². The third kappa shape index (κ3) is 4.88. The van der Waals surface area contributed by atoms with Crippen LogP contribution in [0.2, 0.25) is 0 Å². The Labute approximate surface area is 187 Å². The fourth-order valence-electron chi connectivity index (χ4n) is 3.94. The lowest BCUT2D eigenvalue weighted by Gasteiger charge is -2.31. The van der Waals surface area contributed by atoms with E-state index in [-0.39, 0.29) is 0 Å². The number of anilines is 2. The van der Waals surface area contributed by atoms with Crippen LogP contribution in [0.5, 0.6) is 0 Å². The van der Waals surface area contributed by atoms with Gasteiger partial charge in [0.05, 0.1) is 22.6 Å². The van der Waals surface area contributed by atoms with Crippen LogP contribution in [0.1, 0.15) is 42.1 Å². The minimum absolute atomic E-state index is 0.306. The highest BCUT2D eigenvalue weighted by molar-refractivity contribution is 8.00. The van der Waals surface area contributed by atoms with Gasteiger partial charge in [-0.1, -0.05) is 19.1 Å². The van der Waals surface area contributed by atoms with Crippen LogP contribution in [0.4, 0.5) is 11.4 Å². The van der Waals surface area contributed by atoms with Gasteiger partial charge in [0.25, 0.3) is 0 Å². The van der Waals surface area contributed by atoms with E-state index in [2.05, 4.69) is 39.8 Å². The number of carbonyl (C=O) groups is 1.